The van der Waals surface area contributed by atoms with Crippen molar-refractivity contribution < 1.29 is 13.2 Å². The zero-order chi connectivity index (χ0) is 17.3. The number of thiazole rings is 1. The van der Waals surface area contributed by atoms with Gasteiger partial charge in [0.05, 0.1) is 26.4 Å². The summed E-state index contributed by atoms with van der Waals surface area (Å²) in [6.45, 7) is 0. The second-order valence-corrected chi connectivity index (χ2v) is 9.45. The van der Waals surface area contributed by atoms with E-state index in [9.17, 15) is 13.2 Å². The van der Waals surface area contributed by atoms with E-state index in [0.717, 1.165) is 21.3 Å². The average Bonchev–Trinajstić information content (AvgIpc) is 3.17. The van der Waals surface area contributed by atoms with Crippen LogP contribution in [0.15, 0.2) is 39.5 Å². The first-order valence-corrected chi connectivity index (χ1v) is 10.4. The number of aliphatic imine (C=N–C) groups is 1. The van der Waals surface area contributed by atoms with Gasteiger partial charge in [-0.3, -0.25) is 4.79 Å². The lowest BCUT2D eigenvalue weighted by molar-refractivity contribution is -0.115. The van der Waals surface area contributed by atoms with Crippen molar-refractivity contribution in [1.29, 1.82) is 0 Å². The maximum atomic E-state index is 12.1. The molecular weight excluding hydrogens is 366 g/mol. The number of sulfonamides is 1. The van der Waals surface area contributed by atoms with E-state index in [1.54, 1.807) is 24.3 Å². The van der Waals surface area contributed by atoms with E-state index in [2.05, 4.69) is 9.98 Å². The van der Waals surface area contributed by atoms with Crippen LogP contribution in [0, 0.1) is 0 Å². The summed E-state index contributed by atoms with van der Waals surface area (Å²) < 4.78 is 25.3. The number of rotatable bonds is 5. The number of aromatic nitrogens is 1. The van der Waals surface area contributed by atoms with E-state index in [1.807, 2.05) is 5.38 Å². The first-order valence-electron chi connectivity index (χ1n) is 7.07. The lowest BCUT2D eigenvalue weighted by Crippen LogP contribution is -2.22. The van der Waals surface area contributed by atoms with Crippen molar-refractivity contribution in [3.05, 3.63) is 34.7 Å². The van der Waals surface area contributed by atoms with Crippen molar-refractivity contribution in [2.45, 2.75) is 11.3 Å². The molecule has 0 unspecified atom stereocenters. The van der Waals surface area contributed by atoms with E-state index in [1.165, 1.54) is 41.5 Å². The van der Waals surface area contributed by atoms with Gasteiger partial charge in [-0.25, -0.2) is 22.7 Å². The SMILES string of the molecule is CN(C)S(=O)(=O)c1ccc(-c2csc(CC3=NC(=O)CS3)n2)cc1. The van der Waals surface area contributed by atoms with Gasteiger partial charge in [-0.15, -0.1) is 23.1 Å². The molecule has 0 saturated carbocycles. The zero-order valence-corrected chi connectivity index (χ0v) is 15.5. The third kappa shape index (κ3) is 3.59. The Morgan fingerprint density at radius 2 is 1.92 bits per heavy atom. The van der Waals surface area contributed by atoms with Gasteiger partial charge in [-0.05, 0) is 12.1 Å². The predicted molar refractivity (Wildman–Crippen MR) is 97.0 cm³/mol. The van der Waals surface area contributed by atoms with Crippen LogP contribution in [0.3, 0.4) is 0 Å². The fraction of sp³-hybridized carbons (Fsp3) is 0.267. The van der Waals surface area contributed by atoms with Gasteiger partial charge in [0, 0.05) is 31.5 Å². The molecule has 0 radical (unpaired) electrons. The highest BCUT2D eigenvalue weighted by Crippen LogP contribution is 2.26. The van der Waals surface area contributed by atoms with E-state index in [4.69, 9.17) is 0 Å². The van der Waals surface area contributed by atoms with Crippen molar-refractivity contribution in [3.63, 3.8) is 0 Å². The Labute approximate surface area is 148 Å². The molecule has 0 N–H and O–H groups in total. The number of carbonyl (C=O) groups is 1. The minimum absolute atomic E-state index is 0.0931. The van der Waals surface area contributed by atoms with Crippen LogP contribution < -0.4 is 0 Å². The summed E-state index contributed by atoms with van der Waals surface area (Å²) >= 11 is 2.96. The fourth-order valence-corrected chi connectivity index (χ4v) is 4.66. The van der Waals surface area contributed by atoms with Gasteiger partial charge >= 0.3 is 0 Å². The second kappa shape index (κ2) is 6.75. The minimum Gasteiger partial charge on any atom is -0.272 e. The molecule has 1 aromatic heterocycles. The number of carbonyl (C=O) groups excluding carboxylic acids is 1. The molecule has 1 amide bonds. The minimum atomic E-state index is -3.43. The summed E-state index contributed by atoms with van der Waals surface area (Å²) in [5.74, 6) is 0.319. The van der Waals surface area contributed by atoms with Gasteiger partial charge < -0.3 is 0 Å². The highest BCUT2D eigenvalue weighted by atomic mass is 32.2. The summed E-state index contributed by atoms with van der Waals surface area (Å²) in [7, 11) is -0.418. The smallest absolute Gasteiger partial charge is 0.256 e. The first kappa shape index (κ1) is 17.3. The van der Waals surface area contributed by atoms with Gasteiger partial charge in [-0.1, -0.05) is 12.1 Å². The predicted octanol–water partition coefficient (Wildman–Crippen LogP) is 2.27. The van der Waals surface area contributed by atoms with Gasteiger partial charge in [-0.2, -0.15) is 0 Å². The molecule has 9 heteroatoms. The summed E-state index contributed by atoms with van der Waals surface area (Å²) in [5, 5.41) is 3.61. The molecule has 1 aliphatic heterocycles. The van der Waals surface area contributed by atoms with Crippen LogP contribution >= 0.6 is 23.1 Å². The van der Waals surface area contributed by atoms with Gasteiger partial charge in [0.15, 0.2) is 0 Å². The lowest BCUT2D eigenvalue weighted by atomic mass is 10.2. The molecule has 24 heavy (non-hydrogen) atoms. The van der Waals surface area contributed by atoms with Crippen LogP contribution in [0.25, 0.3) is 11.3 Å². The normalized spacial score (nSPS) is 15.1. The van der Waals surface area contributed by atoms with Gasteiger partial charge in [0.25, 0.3) is 5.91 Å². The van der Waals surface area contributed by atoms with Crippen molar-refractivity contribution in [2.75, 3.05) is 19.8 Å². The largest absolute Gasteiger partial charge is 0.272 e. The molecular formula is C15H15N3O3S3. The molecule has 2 heterocycles. The van der Waals surface area contributed by atoms with Crippen LogP contribution in [0.5, 0.6) is 0 Å². The van der Waals surface area contributed by atoms with Crippen LogP contribution in [-0.2, 0) is 21.2 Å². The molecule has 126 valence electrons. The standard InChI is InChI=1S/C15H15N3O3S3/c1-18(2)24(20,21)11-5-3-10(4-6-11)12-8-22-14(16-12)7-15-17-13(19)9-23-15/h3-6,8H,7,9H2,1-2H3. The number of nitrogens with zero attached hydrogens (tertiary/aromatic N) is 3. The number of thioether (sulfide) groups is 1. The molecule has 0 atom stereocenters. The monoisotopic (exact) mass is 381 g/mol. The Bertz CT molecular complexity index is 900. The van der Waals surface area contributed by atoms with Gasteiger partial charge in [0.2, 0.25) is 10.0 Å². The molecule has 1 aromatic carbocycles. The third-order valence-electron chi connectivity index (χ3n) is 3.39. The van der Waals surface area contributed by atoms with Crippen LogP contribution in [0.2, 0.25) is 0 Å². The van der Waals surface area contributed by atoms with E-state index in [0.29, 0.717) is 12.2 Å². The molecule has 6 nitrogen and oxygen atoms in total. The third-order valence-corrected chi connectivity index (χ3v) is 7.03. The van der Waals surface area contributed by atoms with Crippen LogP contribution in [0.1, 0.15) is 5.01 Å². The summed E-state index contributed by atoms with van der Waals surface area (Å²) in [4.78, 5) is 19.9. The van der Waals surface area contributed by atoms with Crippen molar-refractivity contribution >= 4 is 44.1 Å². The number of benzene rings is 1. The quantitative estimate of drug-likeness (QED) is 0.794. The summed E-state index contributed by atoms with van der Waals surface area (Å²) in [5.41, 5.74) is 1.64. The molecule has 0 aliphatic carbocycles. The molecule has 0 bridgehead atoms. The van der Waals surface area contributed by atoms with Crippen molar-refractivity contribution in [1.82, 2.24) is 9.29 Å². The topological polar surface area (TPSA) is 79.7 Å². The van der Waals surface area contributed by atoms with Crippen LogP contribution in [0.4, 0.5) is 0 Å². The maximum Gasteiger partial charge on any atom is 0.256 e. The fourth-order valence-electron chi connectivity index (χ4n) is 2.10. The summed E-state index contributed by atoms with van der Waals surface area (Å²) in [6.07, 6.45) is 0.564. The molecule has 1 aliphatic rings. The van der Waals surface area contributed by atoms with E-state index >= 15 is 0 Å². The Morgan fingerprint density at radius 3 is 2.50 bits per heavy atom. The molecule has 0 fully saturated rings. The Hall–Kier alpha value is -1.55. The van der Waals surface area contributed by atoms with Crippen LogP contribution in [-0.4, -0.2) is 48.5 Å². The molecule has 3 rings (SSSR count). The highest BCUT2D eigenvalue weighted by molar-refractivity contribution is 8.15. The lowest BCUT2D eigenvalue weighted by Gasteiger charge is -2.11. The molecule has 2 aromatic rings. The molecule has 0 saturated heterocycles. The Kier molecular flexibility index (Phi) is 4.86. The Morgan fingerprint density at radius 1 is 1.21 bits per heavy atom. The number of hydrogen-bond donors (Lipinski definition) is 0. The Balaban J connectivity index is 1.78. The van der Waals surface area contributed by atoms with Gasteiger partial charge in [0.1, 0.15) is 0 Å². The highest BCUT2D eigenvalue weighted by Gasteiger charge is 2.18. The van der Waals surface area contributed by atoms with E-state index < -0.39 is 10.0 Å². The average molecular weight is 382 g/mol. The number of hydrogen-bond acceptors (Lipinski definition) is 6. The number of amides is 1. The van der Waals surface area contributed by atoms with Crippen molar-refractivity contribution in [2.24, 2.45) is 4.99 Å². The second-order valence-electron chi connectivity index (χ2n) is 5.30. The van der Waals surface area contributed by atoms with Crippen molar-refractivity contribution in [3.8, 4) is 11.3 Å². The van der Waals surface area contributed by atoms with E-state index in [-0.39, 0.29) is 10.8 Å². The first-order chi connectivity index (χ1) is 11.4. The zero-order valence-electron chi connectivity index (χ0n) is 13.1. The molecule has 0 spiro atoms. The maximum absolute atomic E-state index is 12.1. The summed E-state index contributed by atoms with van der Waals surface area (Å²) in [6, 6.07) is 6.67.